The molecule has 1 aliphatic rings. The summed E-state index contributed by atoms with van der Waals surface area (Å²) in [5.41, 5.74) is 4.69. The molecule has 1 unspecified atom stereocenters. The lowest BCUT2D eigenvalue weighted by Gasteiger charge is -2.38. The van der Waals surface area contributed by atoms with Crippen molar-refractivity contribution in [3.63, 3.8) is 0 Å². The number of fused-ring (bicyclic) bond motifs is 1. The van der Waals surface area contributed by atoms with E-state index in [2.05, 4.69) is 20.1 Å². The molecule has 1 amide bonds. The first-order valence-corrected chi connectivity index (χ1v) is 5.55. The average molecular weight is 307 g/mol. The SMILES string of the molecule is [N-]=[N+]=NCC1(C(F)(F)F)OC(=O)Nc2ccc(Cl)cc21. The van der Waals surface area contributed by atoms with Gasteiger partial charge in [0.1, 0.15) is 0 Å². The summed E-state index contributed by atoms with van der Waals surface area (Å²) in [6.45, 7) is -1.12. The van der Waals surface area contributed by atoms with Crippen molar-refractivity contribution >= 4 is 23.4 Å². The molecule has 2 rings (SSSR count). The molecule has 1 heterocycles. The number of cyclic esters (lactones) is 1. The second-order valence-electron chi connectivity index (χ2n) is 3.92. The van der Waals surface area contributed by atoms with Crippen LogP contribution in [0.1, 0.15) is 5.56 Å². The highest BCUT2D eigenvalue weighted by atomic mass is 35.5. The van der Waals surface area contributed by atoms with E-state index < -0.39 is 30.0 Å². The molecule has 0 fully saturated rings. The van der Waals surface area contributed by atoms with Gasteiger partial charge in [0.05, 0.1) is 12.2 Å². The van der Waals surface area contributed by atoms with E-state index >= 15 is 0 Å². The quantitative estimate of drug-likeness (QED) is 0.509. The molecule has 1 aromatic rings. The van der Waals surface area contributed by atoms with Gasteiger partial charge in [-0.05, 0) is 23.7 Å². The second kappa shape index (κ2) is 4.77. The predicted molar refractivity (Wildman–Crippen MR) is 63.3 cm³/mol. The Morgan fingerprint density at radius 2 is 2.20 bits per heavy atom. The number of carbonyl (C=O) groups is 1. The van der Waals surface area contributed by atoms with Gasteiger partial charge < -0.3 is 4.74 Å². The topological polar surface area (TPSA) is 87.1 Å². The summed E-state index contributed by atoms with van der Waals surface area (Å²) in [6, 6.07) is 3.55. The van der Waals surface area contributed by atoms with Crippen molar-refractivity contribution in [3.05, 3.63) is 39.2 Å². The van der Waals surface area contributed by atoms with Crippen LogP contribution in [0.25, 0.3) is 10.4 Å². The highest BCUT2D eigenvalue weighted by molar-refractivity contribution is 6.30. The van der Waals surface area contributed by atoms with Crippen molar-refractivity contribution in [2.75, 3.05) is 11.9 Å². The molecule has 0 saturated heterocycles. The first-order chi connectivity index (χ1) is 9.30. The summed E-state index contributed by atoms with van der Waals surface area (Å²) in [6.07, 6.45) is -6.26. The number of azide groups is 1. The molecule has 106 valence electrons. The fourth-order valence-corrected chi connectivity index (χ4v) is 2.03. The van der Waals surface area contributed by atoms with Crippen molar-refractivity contribution in [2.45, 2.75) is 11.8 Å². The number of hydrogen-bond acceptors (Lipinski definition) is 3. The van der Waals surface area contributed by atoms with Gasteiger partial charge in [-0.3, -0.25) is 5.32 Å². The van der Waals surface area contributed by atoms with Gasteiger partial charge in [0.2, 0.25) is 5.60 Å². The van der Waals surface area contributed by atoms with Gasteiger partial charge >= 0.3 is 12.3 Å². The summed E-state index contributed by atoms with van der Waals surface area (Å²) in [7, 11) is 0. The molecule has 1 atom stereocenters. The van der Waals surface area contributed by atoms with Crippen LogP contribution in [0.5, 0.6) is 0 Å². The number of benzene rings is 1. The Labute approximate surface area is 115 Å². The van der Waals surface area contributed by atoms with Gasteiger partial charge in [-0.2, -0.15) is 13.2 Å². The Bertz CT molecular complexity index is 615. The Balaban J connectivity index is 2.71. The first-order valence-electron chi connectivity index (χ1n) is 5.18. The maximum atomic E-state index is 13.4. The Morgan fingerprint density at radius 1 is 1.50 bits per heavy atom. The Kier molecular flexibility index (Phi) is 3.41. The molecule has 0 saturated carbocycles. The minimum atomic E-state index is -4.97. The molecule has 20 heavy (non-hydrogen) atoms. The molecule has 0 bridgehead atoms. The zero-order valence-corrected chi connectivity index (χ0v) is 10.4. The van der Waals surface area contributed by atoms with Crippen LogP contribution in [-0.4, -0.2) is 18.8 Å². The maximum Gasteiger partial charge on any atom is 0.433 e. The lowest BCUT2D eigenvalue weighted by Crippen LogP contribution is -2.52. The van der Waals surface area contributed by atoms with Gasteiger partial charge in [0.25, 0.3) is 0 Å². The molecule has 0 aromatic heterocycles. The zero-order chi connectivity index (χ0) is 15.0. The lowest BCUT2D eigenvalue weighted by atomic mass is 9.90. The normalized spacial score (nSPS) is 21.3. The third-order valence-corrected chi connectivity index (χ3v) is 2.97. The van der Waals surface area contributed by atoms with Gasteiger partial charge in [-0.1, -0.05) is 16.7 Å². The number of nitrogens with one attached hydrogen (secondary N) is 1. The summed E-state index contributed by atoms with van der Waals surface area (Å²) in [5.74, 6) is 0. The number of alkyl halides is 3. The molecular weight excluding hydrogens is 301 g/mol. The molecule has 0 radical (unpaired) electrons. The molecule has 1 N–H and O–H groups in total. The third-order valence-electron chi connectivity index (χ3n) is 2.73. The van der Waals surface area contributed by atoms with Crippen LogP contribution in [0, 0.1) is 0 Å². The van der Waals surface area contributed by atoms with E-state index in [9.17, 15) is 18.0 Å². The predicted octanol–water partition coefficient (Wildman–Crippen LogP) is 3.97. The number of halogens is 4. The number of carbonyl (C=O) groups excluding carboxylic acids is 1. The highest BCUT2D eigenvalue weighted by Crippen LogP contribution is 2.48. The van der Waals surface area contributed by atoms with Gasteiger partial charge in [0, 0.05) is 15.5 Å². The van der Waals surface area contributed by atoms with E-state index in [1.54, 1.807) is 0 Å². The van der Waals surface area contributed by atoms with Crippen LogP contribution in [0.4, 0.5) is 23.7 Å². The van der Waals surface area contributed by atoms with Gasteiger partial charge in [-0.25, -0.2) is 4.79 Å². The van der Waals surface area contributed by atoms with Crippen molar-refractivity contribution < 1.29 is 22.7 Å². The molecule has 6 nitrogen and oxygen atoms in total. The lowest BCUT2D eigenvalue weighted by molar-refractivity contribution is -0.260. The van der Waals surface area contributed by atoms with Crippen LogP contribution in [0.15, 0.2) is 23.3 Å². The molecule has 1 aromatic carbocycles. The van der Waals surface area contributed by atoms with Gasteiger partial charge in [0.15, 0.2) is 0 Å². The standard InChI is InChI=1S/C10H6ClF3N4O2/c11-5-1-2-7-6(3-5)9(4-16-18-15,10(12,13)14)20-8(19)17-7/h1-3H,4H2,(H,17,19). The highest BCUT2D eigenvalue weighted by Gasteiger charge is 2.61. The monoisotopic (exact) mass is 306 g/mol. The van der Waals surface area contributed by atoms with E-state index in [4.69, 9.17) is 17.1 Å². The maximum absolute atomic E-state index is 13.4. The van der Waals surface area contributed by atoms with E-state index in [-0.39, 0.29) is 10.7 Å². The van der Waals surface area contributed by atoms with Crippen molar-refractivity contribution in [3.8, 4) is 0 Å². The summed E-state index contributed by atoms with van der Waals surface area (Å²) in [5, 5.41) is 5.07. The number of nitrogens with zero attached hydrogens (tertiary/aromatic N) is 3. The van der Waals surface area contributed by atoms with Crippen LogP contribution in [0.2, 0.25) is 5.02 Å². The smallest absolute Gasteiger partial charge is 0.428 e. The van der Waals surface area contributed by atoms with E-state index in [1.807, 2.05) is 0 Å². The number of anilines is 1. The molecule has 0 aliphatic carbocycles. The van der Waals surface area contributed by atoms with Crippen molar-refractivity contribution in [1.29, 1.82) is 0 Å². The first kappa shape index (κ1) is 14.3. The summed E-state index contributed by atoms with van der Waals surface area (Å²) >= 11 is 5.69. The number of rotatable bonds is 2. The minimum absolute atomic E-state index is 0.0260. The fourth-order valence-electron chi connectivity index (χ4n) is 1.86. The number of hydrogen-bond donors (Lipinski definition) is 1. The summed E-state index contributed by atoms with van der Waals surface area (Å²) < 4.78 is 44.5. The molecule has 1 aliphatic heterocycles. The number of amides is 1. The van der Waals surface area contributed by atoms with Crippen LogP contribution < -0.4 is 5.32 Å². The average Bonchev–Trinajstić information content (AvgIpc) is 2.35. The van der Waals surface area contributed by atoms with Crippen molar-refractivity contribution in [1.82, 2.24) is 0 Å². The fraction of sp³-hybridized carbons (Fsp3) is 0.300. The Morgan fingerprint density at radius 3 is 2.80 bits per heavy atom. The van der Waals surface area contributed by atoms with Crippen LogP contribution in [0.3, 0.4) is 0 Å². The summed E-state index contributed by atoms with van der Waals surface area (Å²) in [4.78, 5) is 13.6. The third kappa shape index (κ3) is 2.21. The van der Waals surface area contributed by atoms with Gasteiger partial charge in [-0.15, -0.1) is 0 Å². The van der Waals surface area contributed by atoms with Crippen LogP contribution >= 0.6 is 11.6 Å². The van der Waals surface area contributed by atoms with E-state index in [0.29, 0.717) is 0 Å². The second-order valence-corrected chi connectivity index (χ2v) is 4.35. The van der Waals surface area contributed by atoms with Crippen molar-refractivity contribution in [2.24, 2.45) is 5.11 Å². The molecule has 10 heteroatoms. The van der Waals surface area contributed by atoms with E-state index in [1.165, 1.54) is 12.1 Å². The van der Waals surface area contributed by atoms with Crippen LogP contribution in [-0.2, 0) is 10.3 Å². The molecule has 0 spiro atoms. The van der Waals surface area contributed by atoms with E-state index in [0.717, 1.165) is 6.07 Å². The Hall–Kier alpha value is -2.12. The largest absolute Gasteiger partial charge is 0.433 e. The number of ether oxygens (including phenoxy) is 1. The minimum Gasteiger partial charge on any atom is -0.428 e. The molecular formula is C10H6ClF3N4O2. The zero-order valence-electron chi connectivity index (χ0n) is 9.61.